The van der Waals surface area contributed by atoms with E-state index in [0.717, 1.165) is 28.4 Å². The molecule has 2 aromatic carbocycles. The standard InChI is InChI=1S/C19H16F4N2O2S/c1-24-11-13-10-18(16-4-2-3-5-17(16)20)25(12-13)28(26,27)15-8-6-14(7-9-15)19(21,22)23/h2-10,12,24H,11H2,1H3/i1D3. The monoisotopic (exact) mass is 415 g/mol. The SMILES string of the molecule is [2H]C([2H])([2H])NCc1cc(-c2ccccc2F)n(S(=O)(=O)c2ccc(C(F)(F)F)cc2)c1. The molecule has 0 fully saturated rings. The maximum atomic E-state index is 14.4. The third-order valence-electron chi connectivity index (χ3n) is 4.02. The summed E-state index contributed by atoms with van der Waals surface area (Å²) >= 11 is 0. The van der Waals surface area contributed by atoms with Crippen molar-refractivity contribution >= 4 is 10.0 Å². The molecule has 0 amide bonds. The molecule has 3 aromatic rings. The number of nitrogens with zero attached hydrogens (tertiary/aromatic N) is 1. The van der Waals surface area contributed by atoms with Crippen LogP contribution in [0.2, 0.25) is 0 Å². The summed E-state index contributed by atoms with van der Waals surface area (Å²) in [4.78, 5) is -0.441. The van der Waals surface area contributed by atoms with Crippen LogP contribution in [0.3, 0.4) is 0 Å². The van der Waals surface area contributed by atoms with Crippen LogP contribution in [0.15, 0.2) is 65.7 Å². The number of nitrogens with one attached hydrogen (secondary N) is 1. The molecule has 0 aliphatic heterocycles. The average molecular weight is 415 g/mol. The van der Waals surface area contributed by atoms with E-state index >= 15 is 0 Å². The Balaban J connectivity index is 2.11. The number of rotatable bonds is 5. The lowest BCUT2D eigenvalue weighted by atomic mass is 10.1. The van der Waals surface area contributed by atoms with Gasteiger partial charge in [-0.3, -0.25) is 0 Å². The molecule has 1 heterocycles. The Morgan fingerprint density at radius 3 is 2.39 bits per heavy atom. The molecule has 0 bridgehead atoms. The third kappa shape index (κ3) is 3.81. The summed E-state index contributed by atoms with van der Waals surface area (Å²) in [5.41, 5.74) is -0.959. The van der Waals surface area contributed by atoms with Gasteiger partial charge in [-0.25, -0.2) is 16.8 Å². The molecule has 4 nitrogen and oxygen atoms in total. The quantitative estimate of drug-likeness (QED) is 0.634. The van der Waals surface area contributed by atoms with Gasteiger partial charge < -0.3 is 5.32 Å². The summed E-state index contributed by atoms with van der Waals surface area (Å²) < 4.78 is 101. The van der Waals surface area contributed by atoms with E-state index in [-0.39, 0.29) is 23.4 Å². The van der Waals surface area contributed by atoms with Gasteiger partial charge in [0.25, 0.3) is 10.0 Å². The summed E-state index contributed by atoms with van der Waals surface area (Å²) in [6.45, 7) is -2.74. The van der Waals surface area contributed by atoms with Crippen LogP contribution in [0.4, 0.5) is 17.6 Å². The van der Waals surface area contributed by atoms with E-state index in [0.29, 0.717) is 12.1 Å². The van der Waals surface area contributed by atoms with E-state index in [1.54, 1.807) is 0 Å². The van der Waals surface area contributed by atoms with Crippen molar-refractivity contribution in [2.45, 2.75) is 17.6 Å². The van der Waals surface area contributed by atoms with Crippen LogP contribution < -0.4 is 5.32 Å². The van der Waals surface area contributed by atoms with Gasteiger partial charge in [-0.1, -0.05) is 12.1 Å². The number of alkyl halides is 3. The van der Waals surface area contributed by atoms with Crippen molar-refractivity contribution in [1.82, 2.24) is 9.29 Å². The highest BCUT2D eigenvalue weighted by Crippen LogP contribution is 2.32. The first kappa shape index (κ1) is 16.3. The van der Waals surface area contributed by atoms with E-state index in [1.165, 1.54) is 24.3 Å². The van der Waals surface area contributed by atoms with Gasteiger partial charge in [-0.05, 0) is 55.0 Å². The molecular formula is C19H16F4N2O2S. The second kappa shape index (κ2) is 7.40. The van der Waals surface area contributed by atoms with Crippen molar-refractivity contribution in [3.8, 4) is 11.3 Å². The van der Waals surface area contributed by atoms with Gasteiger partial charge in [-0.2, -0.15) is 13.2 Å². The summed E-state index contributed by atoms with van der Waals surface area (Å²) in [5.74, 6) is -0.722. The molecule has 0 radical (unpaired) electrons. The number of hydrogen-bond donors (Lipinski definition) is 1. The van der Waals surface area contributed by atoms with Crippen molar-refractivity contribution in [2.75, 3.05) is 6.98 Å². The molecule has 9 heteroatoms. The van der Waals surface area contributed by atoms with Crippen molar-refractivity contribution in [3.05, 3.63) is 77.7 Å². The Labute approximate surface area is 163 Å². The number of benzene rings is 2. The van der Waals surface area contributed by atoms with E-state index < -0.39 is 39.5 Å². The molecule has 0 atom stereocenters. The highest BCUT2D eigenvalue weighted by molar-refractivity contribution is 7.90. The summed E-state index contributed by atoms with van der Waals surface area (Å²) in [6.07, 6.45) is -3.53. The van der Waals surface area contributed by atoms with Gasteiger partial charge in [0.15, 0.2) is 0 Å². The molecule has 0 aliphatic rings. The molecule has 28 heavy (non-hydrogen) atoms. The Morgan fingerprint density at radius 1 is 1.11 bits per heavy atom. The minimum atomic E-state index is -4.64. The van der Waals surface area contributed by atoms with E-state index in [2.05, 4.69) is 5.32 Å². The number of aromatic nitrogens is 1. The molecule has 0 spiro atoms. The zero-order chi connectivity index (χ0) is 23.0. The highest BCUT2D eigenvalue weighted by atomic mass is 32.2. The lowest BCUT2D eigenvalue weighted by Gasteiger charge is -2.12. The molecular weight excluding hydrogens is 396 g/mol. The van der Waals surface area contributed by atoms with E-state index in [9.17, 15) is 26.0 Å². The summed E-state index contributed by atoms with van der Waals surface area (Å²) in [7, 11) is -4.42. The average Bonchev–Trinajstić information content (AvgIpc) is 3.11. The molecule has 1 aromatic heterocycles. The first-order valence-corrected chi connectivity index (χ1v) is 9.37. The van der Waals surface area contributed by atoms with Gasteiger partial charge in [0, 0.05) is 22.4 Å². The molecule has 148 valence electrons. The Hall–Kier alpha value is -2.65. The topological polar surface area (TPSA) is 51.1 Å². The minimum absolute atomic E-state index is 0.0712. The van der Waals surface area contributed by atoms with Crippen molar-refractivity contribution in [2.24, 2.45) is 0 Å². The predicted octanol–water partition coefficient (Wildman–Crippen LogP) is 4.27. The lowest BCUT2D eigenvalue weighted by Crippen LogP contribution is -2.14. The summed E-state index contributed by atoms with van der Waals surface area (Å²) in [5, 5.41) is 2.23. The van der Waals surface area contributed by atoms with Gasteiger partial charge in [0.1, 0.15) is 5.82 Å². The van der Waals surface area contributed by atoms with Crippen LogP contribution >= 0.6 is 0 Å². The van der Waals surface area contributed by atoms with Crippen LogP contribution in [0.25, 0.3) is 11.3 Å². The maximum absolute atomic E-state index is 14.4. The fourth-order valence-corrected chi connectivity index (χ4v) is 4.08. The van der Waals surface area contributed by atoms with Crippen LogP contribution in [0, 0.1) is 5.82 Å². The Bertz CT molecular complexity index is 1190. The Kier molecular flexibility index (Phi) is 4.31. The summed E-state index contributed by atoms with van der Waals surface area (Å²) in [6, 6.07) is 9.55. The van der Waals surface area contributed by atoms with Gasteiger partial charge >= 0.3 is 6.18 Å². The van der Waals surface area contributed by atoms with Crippen LogP contribution in [-0.2, 0) is 22.7 Å². The number of halogens is 4. The van der Waals surface area contributed by atoms with Crippen LogP contribution in [0.5, 0.6) is 0 Å². The first-order chi connectivity index (χ1) is 14.3. The second-order valence-electron chi connectivity index (χ2n) is 5.89. The fourth-order valence-electron chi connectivity index (χ4n) is 2.69. The third-order valence-corrected chi connectivity index (χ3v) is 5.71. The van der Waals surface area contributed by atoms with Crippen LogP contribution in [0.1, 0.15) is 15.2 Å². The zero-order valence-electron chi connectivity index (χ0n) is 17.2. The smallest absolute Gasteiger partial charge is 0.316 e. The van der Waals surface area contributed by atoms with Gasteiger partial charge in [-0.15, -0.1) is 0 Å². The molecule has 0 unspecified atom stereocenters. The normalized spacial score (nSPS) is 14.4. The maximum Gasteiger partial charge on any atom is 0.416 e. The van der Waals surface area contributed by atoms with Crippen molar-refractivity contribution < 1.29 is 30.1 Å². The highest BCUT2D eigenvalue weighted by Gasteiger charge is 2.31. The van der Waals surface area contributed by atoms with Crippen molar-refractivity contribution in [1.29, 1.82) is 0 Å². The molecule has 1 N–H and O–H groups in total. The fraction of sp³-hybridized carbons (Fsp3) is 0.158. The molecule has 0 aliphatic carbocycles. The van der Waals surface area contributed by atoms with Crippen LogP contribution in [-0.4, -0.2) is 19.4 Å². The lowest BCUT2D eigenvalue weighted by molar-refractivity contribution is -0.137. The number of hydrogen-bond acceptors (Lipinski definition) is 3. The van der Waals surface area contributed by atoms with Gasteiger partial charge in [0.2, 0.25) is 0 Å². The van der Waals surface area contributed by atoms with E-state index in [4.69, 9.17) is 4.11 Å². The predicted molar refractivity (Wildman–Crippen MR) is 96.6 cm³/mol. The van der Waals surface area contributed by atoms with E-state index in [1.807, 2.05) is 0 Å². The second-order valence-corrected chi connectivity index (χ2v) is 7.70. The molecule has 3 rings (SSSR count). The first-order valence-electron chi connectivity index (χ1n) is 9.43. The molecule has 0 saturated carbocycles. The molecule has 0 saturated heterocycles. The zero-order valence-corrected chi connectivity index (χ0v) is 15.0. The Morgan fingerprint density at radius 2 is 1.79 bits per heavy atom. The van der Waals surface area contributed by atoms with Crippen molar-refractivity contribution in [3.63, 3.8) is 0 Å². The minimum Gasteiger partial charge on any atom is -0.316 e. The van der Waals surface area contributed by atoms with Gasteiger partial charge in [0.05, 0.1) is 16.2 Å². The largest absolute Gasteiger partial charge is 0.416 e.